The minimum atomic E-state index is -0.456. The van der Waals surface area contributed by atoms with Crippen LogP contribution in [0.4, 0.5) is 5.13 Å². The van der Waals surface area contributed by atoms with E-state index in [9.17, 15) is 19.2 Å². The molecule has 2 aromatic rings. The average molecular weight is 398 g/mol. The Bertz CT molecular complexity index is 995. The third-order valence-corrected chi connectivity index (χ3v) is 5.18. The summed E-state index contributed by atoms with van der Waals surface area (Å²) in [4.78, 5) is 49.1. The van der Waals surface area contributed by atoms with Crippen LogP contribution in [0.25, 0.3) is 0 Å². The molecular weight excluding hydrogens is 384 g/mol. The fourth-order valence-electron chi connectivity index (χ4n) is 2.86. The van der Waals surface area contributed by atoms with E-state index in [1.807, 2.05) is 0 Å². The number of benzene rings is 1. The van der Waals surface area contributed by atoms with Crippen molar-refractivity contribution in [3.05, 3.63) is 40.4 Å². The van der Waals surface area contributed by atoms with Crippen molar-refractivity contribution in [3.8, 4) is 0 Å². The van der Waals surface area contributed by atoms with Crippen molar-refractivity contribution in [2.75, 3.05) is 11.9 Å². The van der Waals surface area contributed by atoms with E-state index in [0.717, 1.165) is 11.3 Å². The van der Waals surface area contributed by atoms with Crippen LogP contribution in [0.5, 0.6) is 0 Å². The molecule has 142 valence electrons. The Kier molecular flexibility index (Phi) is 4.65. The van der Waals surface area contributed by atoms with Gasteiger partial charge < -0.3 is 0 Å². The molecule has 0 atom stereocenters. The topological polar surface area (TPSA) is 134 Å². The summed E-state index contributed by atoms with van der Waals surface area (Å²) >= 11 is 1.15. The van der Waals surface area contributed by atoms with Gasteiger partial charge in [-0.15, -0.1) is 10.2 Å². The van der Waals surface area contributed by atoms with Crippen LogP contribution in [0, 0.1) is 0 Å². The van der Waals surface area contributed by atoms with E-state index < -0.39 is 5.91 Å². The van der Waals surface area contributed by atoms with E-state index >= 15 is 0 Å². The average Bonchev–Trinajstić information content (AvgIpc) is 3.24. The number of carbonyl (C=O) groups excluding carboxylic acids is 4. The molecule has 1 aromatic heterocycles. The lowest BCUT2D eigenvalue weighted by atomic mass is 10.1. The predicted octanol–water partition coefficient (Wildman–Crippen LogP) is 0.581. The molecule has 1 aromatic carbocycles. The van der Waals surface area contributed by atoms with Crippen molar-refractivity contribution in [2.45, 2.75) is 19.3 Å². The lowest BCUT2D eigenvalue weighted by Crippen LogP contribution is -2.32. The van der Waals surface area contributed by atoms with Crippen LogP contribution < -0.4 is 10.7 Å². The van der Waals surface area contributed by atoms with E-state index in [0.29, 0.717) is 22.6 Å². The Labute approximate surface area is 162 Å². The van der Waals surface area contributed by atoms with Crippen molar-refractivity contribution in [2.24, 2.45) is 5.10 Å². The molecule has 0 saturated heterocycles. The molecule has 0 fully saturated rings. The van der Waals surface area contributed by atoms with E-state index in [1.54, 1.807) is 24.3 Å². The van der Waals surface area contributed by atoms with Crippen LogP contribution in [0.1, 0.15) is 38.6 Å². The molecule has 0 aliphatic carbocycles. The number of carbonyl (C=O) groups is 4. The number of aromatic nitrogens is 2. The predicted molar refractivity (Wildman–Crippen MR) is 98.9 cm³/mol. The smallest absolute Gasteiger partial charge is 0.273 e. The van der Waals surface area contributed by atoms with Crippen LogP contribution in [-0.4, -0.2) is 51.0 Å². The summed E-state index contributed by atoms with van der Waals surface area (Å²) in [5, 5.41) is 15.0. The summed E-state index contributed by atoms with van der Waals surface area (Å²) in [6, 6.07) is 6.69. The zero-order valence-electron chi connectivity index (χ0n) is 14.5. The number of nitrogens with zero attached hydrogens (tertiary/aromatic N) is 4. The lowest BCUT2D eigenvalue weighted by molar-refractivity contribution is -0.121. The van der Waals surface area contributed by atoms with Crippen LogP contribution in [-0.2, 0) is 16.0 Å². The van der Waals surface area contributed by atoms with Gasteiger partial charge in [-0.1, -0.05) is 23.5 Å². The number of hydrazone groups is 1. The number of rotatable bonds is 5. The first-order chi connectivity index (χ1) is 13.5. The van der Waals surface area contributed by atoms with E-state index in [-0.39, 0.29) is 48.0 Å². The van der Waals surface area contributed by atoms with E-state index in [4.69, 9.17) is 0 Å². The second-order valence-corrected chi connectivity index (χ2v) is 7.17. The second-order valence-electron chi connectivity index (χ2n) is 6.11. The molecule has 4 rings (SSSR count). The quantitative estimate of drug-likeness (QED) is 0.708. The number of nitrogens with one attached hydrogen (secondary N) is 2. The molecule has 4 amide bonds. The maximum atomic E-state index is 12.3. The summed E-state index contributed by atoms with van der Waals surface area (Å²) in [7, 11) is 0. The van der Waals surface area contributed by atoms with Gasteiger partial charge in [0, 0.05) is 25.8 Å². The maximum Gasteiger partial charge on any atom is 0.273 e. The normalized spacial score (nSPS) is 15.9. The van der Waals surface area contributed by atoms with E-state index in [2.05, 4.69) is 26.0 Å². The number of anilines is 1. The molecule has 0 bridgehead atoms. The minimum Gasteiger partial charge on any atom is -0.295 e. The fourth-order valence-corrected chi connectivity index (χ4v) is 3.59. The molecule has 28 heavy (non-hydrogen) atoms. The summed E-state index contributed by atoms with van der Waals surface area (Å²) < 4.78 is 0. The van der Waals surface area contributed by atoms with Crippen molar-refractivity contribution >= 4 is 45.8 Å². The van der Waals surface area contributed by atoms with E-state index in [1.165, 1.54) is 4.90 Å². The Morgan fingerprint density at radius 1 is 1.11 bits per heavy atom. The largest absolute Gasteiger partial charge is 0.295 e. The summed E-state index contributed by atoms with van der Waals surface area (Å²) in [5.41, 5.74) is 3.27. The Morgan fingerprint density at radius 2 is 1.82 bits per heavy atom. The highest BCUT2D eigenvalue weighted by Gasteiger charge is 2.34. The molecule has 0 unspecified atom stereocenters. The van der Waals surface area contributed by atoms with Gasteiger partial charge in [0.05, 0.1) is 11.1 Å². The van der Waals surface area contributed by atoms with Gasteiger partial charge in [-0.25, -0.2) is 5.43 Å². The van der Waals surface area contributed by atoms with Gasteiger partial charge in [0.15, 0.2) is 0 Å². The van der Waals surface area contributed by atoms with Crippen LogP contribution in [0.2, 0.25) is 0 Å². The van der Waals surface area contributed by atoms with Gasteiger partial charge in [-0.2, -0.15) is 5.10 Å². The first-order valence-electron chi connectivity index (χ1n) is 8.47. The highest BCUT2D eigenvalue weighted by molar-refractivity contribution is 7.15. The number of imide groups is 1. The maximum absolute atomic E-state index is 12.3. The highest BCUT2D eigenvalue weighted by Crippen LogP contribution is 2.23. The first kappa shape index (κ1) is 17.9. The molecule has 2 N–H and O–H groups in total. The Hall–Kier alpha value is -3.47. The third kappa shape index (κ3) is 3.39. The van der Waals surface area contributed by atoms with Gasteiger partial charge in [0.2, 0.25) is 11.0 Å². The van der Waals surface area contributed by atoms with Gasteiger partial charge in [0.1, 0.15) is 10.7 Å². The SMILES string of the molecule is O=C1CCC(C(=O)Nc2nnc(CCN3C(=O)c4ccccc4C3=O)s2)=NN1. The summed E-state index contributed by atoms with van der Waals surface area (Å²) in [5.74, 6) is -1.34. The number of fused-ring (bicyclic) bond motifs is 1. The van der Waals surface area contributed by atoms with Gasteiger partial charge in [-0.3, -0.25) is 29.4 Å². The van der Waals surface area contributed by atoms with Gasteiger partial charge >= 0.3 is 0 Å². The standard InChI is InChI=1S/C17H14N6O4S/c24-12-6-5-11(19-20-12)14(25)18-17-22-21-13(28-17)7-8-23-15(26)9-3-1-2-4-10(9)16(23)27/h1-4H,5-8H2,(H,20,24)(H,18,22,25). The summed E-state index contributed by atoms with van der Waals surface area (Å²) in [6.45, 7) is 0.174. The lowest BCUT2D eigenvalue weighted by Gasteiger charge is -2.12. The van der Waals surface area contributed by atoms with Crippen molar-refractivity contribution in [3.63, 3.8) is 0 Å². The fraction of sp³-hybridized carbons (Fsp3) is 0.235. The zero-order chi connectivity index (χ0) is 19.7. The van der Waals surface area contributed by atoms with Gasteiger partial charge in [0.25, 0.3) is 17.7 Å². The zero-order valence-corrected chi connectivity index (χ0v) is 15.3. The molecule has 0 saturated carbocycles. The second kappa shape index (κ2) is 7.27. The first-order valence-corrected chi connectivity index (χ1v) is 9.29. The summed E-state index contributed by atoms with van der Waals surface area (Å²) in [6.07, 6.45) is 0.785. The molecule has 3 heterocycles. The monoisotopic (exact) mass is 398 g/mol. The van der Waals surface area contributed by atoms with Crippen LogP contribution in [0.3, 0.4) is 0 Å². The molecule has 0 radical (unpaired) electrons. The Morgan fingerprint density at radius 3 is 2.46 bits per heavy atom. The van der Waals surface area contributed by atoms with Crippen molar-refractivity contribution in [1.29, 1.82) is 0 Å². The number of amides is 4. The molecule has 10 nitrogen and oxygen atoms in total. The van der Waals surface area contributed by atoms with Crippen LogP contribution >= 0.6 is 11.3 Å². The molecule has 11 heteroatoms. The molecule has 2 aliphatic rings. The number of hydrogen-bond donors (Lipinski definition) is 2. The molecule has 2 aliphatic heterocycles. The van der Waals surface area contributed by atoms with Crippen molar-refractivity contribution < 1.29 is 19.2 Å². The molecular formula is C17H14N6O4S. The number of hydrogen-bond acceptors (Lipinski definition) is 8. The molecule has 0 spiro atoms. The van der Waals surface area contributed by atoms with Crippen LogP contribution in [0.15, 0.2) is 29.4 Å². The third-order valence-electron chi connectivity index (χ3n) is 4.28. The highest BCUT2D eigenvalue weighted by atomic mass is 32.1. The van der Waals surface area contributed by atoms with Gasteiger partial charge in [-0.05, 0) is 12.1 Å². The van der Waals surface area contributed by atoms with Crippen molar-refractivity contribution in [1.82, 2.24) is 20.5 Å². The minimum absolute atomic E-state index is 0.174. The Balaban J connectivity index is 1.36.